The molecule has 2 amide bonds. The van der Waals surface area contributed by atoms with E-state index >= 15 is 0 Å². The zero-order valence-electron chi connectivity index (χ0n) is 20.6. The van der Waals surface area contributed by atoms with Crippen LogP contribution in [0.5, 0.6) is 17.2 Å². The molecule has 0 spiro atoms. The van der Waals surface area contributed by atoms with Gasteiger partial charge in [-0.3, -0.25) is 9.59 Å². The van der Waals surface area contributed by atoms with Crippen LogP contribution in [0.25, 0.3) is 0 Å². The lowest BCUT2D eigenvalue weighted by molar-refractivity contribution is 0.0726. The maximum absolute atomic E-state index is 13.7. The summed E-state index contributed by atoms with van der Waals surface area (Å²) in [5, 5.41) is 24.1. The number of nitrogens with two attached hydrogens (primary N) is 1. The minimum Gasteiger partial charge on any atom is -0.508 e. The SMILES string of the molecule is NC(=O)c1ccc(Nc2cccc3c2CN(C(=O)c2c(O)cc(O)cc2OCc2ccccc2)CC3)cc1. The van der Waals surface area contributed by atoms with Crippen molar-refractivity contribution in [2.75, 3.05) is 11.9 Å². The standard InChI is InChI=1S/C30H27N3O5/c31-29(36)21-9-11-22(12-10-21)32-25-8-4-7-20-13-14-33(17-24(20)25)30(37)28-26(35)15-23(34)16-27(28)38-18-19-5-2-1-3-6-19/h1-12,15-16,32,34-35H,13-14,17-18H2,(H2,31,36). The van der Waals surface area contributed by atoms with Crippen molar-refractivity contribution in [3.05, 3.63) is 113 Å². The molecule has 5 rings (SSSR count). The Morgan fingerprint density at radius 2 is 1.71 bits per heavy atom. The number of phenols is 2. The van der Waals surface area contributed by atoms with E-state index in [1.165, 1.54) is 6.07 Å². The van der Waals surface area contributed by atoms with Crippen LogP contribution < -0.4 is 15.8 Å². The molecule has 38 heavy (non-hydrogen) atoms. The Hall–Kier alpha value is -4.98. The number of benzene rings is 4. The maximum atomic E-state index is 13.7. The van der Waals surface area contributed by atoms with Gasteiger partial charge in [0.1, 0.15) is 29.4 Å². The minimum absolute atomic E-state index is 0.00895. The number of rotatable bonds is 7. The third-order valence-electron chi connectivity index (χ3n) is 6.53. The molecule has 5 N–H and O–H groups in total. The van der Waals surface area contributed by atoms with Crippen LogP contribution in [0, 0.1) is 0 Å². The molecule has 0 saturated carbocycles. The molecule has 192 valence electrons. The molecule has 0 aromatic heterocycles. The normalized spacial score (nSPS) is 12.5. The number of ether oxygens (including phenoxy) is 1. The van der Waals surface area contributed by atoms with E-state index in [9.17, 15) is 19.8 Å². The van der Waals surface area contributed by atoms with E-state index in [-0.39, 0.29) is 29.4 Å². The van der Waals surface area contributed by atoms with Crippen LogP contribution in [-0.4, -0.2) is 33.5 Å². The molecule has 8 nitrogen and oxygen atoms in total. The highest BCUT2D eigenvalue weighted by Crippen LogP contribution is 2.36. The van der Waals surface area contributed by atoms with Crippen LogP contribution >= 0.6 is 0 Å². The van der Waals surface area contributed by atoms with Crippen molar-refractivity contribution in [3.8, 4) is 17.2 Å². The zero-order valence-corrected chi connectivity index (χ0v) is 20.6. The fourth-order valence-corrected chi connectivity index (χ4v) is 4.55. The number of primary amides is 1. The first-order chi connectivity index (χ1) is 18.4. The lowest BCUT2D eigenvalue weighted by Gasteiger charge is -2.31. The van der Waals surface area contributed by atoms with E-state index in [2.05, 4.69) is 5.32 Å². The third-order valence-corrected chi connectivity index (χ3v) is 6.53. The average molecular weight is 510 g/mol. The fourth-order valence-electron chi connectivity index (χ4n) is 4.55. The minimum atomic E-state index is -0.493. The Morgan fingerprint density at radius 1 is 0.947 bits per heavy atom. The molecular formula is C30H27N3O5. The first-order valence-corrected chi connectivity index (χ1v) is 12.2. The van der Waals surface area contributed by atoms with Gasteiger partial charge in [0.25, 0.3) is 5.91 Å². The predicted molar refractivity (Wildman–Crippen MR) is 144 cm³/mol. The van der Waals surface area contributed by atoms with Gasteiger partial charge in [0.2, 0.25) is 5.91 Å². The van der Waals surface area contributed by atoms with Crippen LogP contribution in [0.1, 0.15) is 37.4 Å². The molecule has 0 unspecified atom stereocenters. The van der Waals surface area contributed by atoms with Crippen molar-refractivity contribution in [1.82, 2.24) is 4.90 Å². The van der Waals surface area contributed by atoms with Crippen LogP contribution in [-0.2, 0) is 19.6 Å². The molecule has 0 saturated heterocycles. The van der Waals surface area contributed by atoms with E-state index in [1.807, 2.05) is 48.5 Å². The van der Waals surface area contributed by atoms with Gasteiger partial charge in [0, 0.05) is 42.2 Å². The molecule has 1 aliphatic heterocycles. The first-order valence-electron chi connectivity index (χ1n) is 12.2. The number of hydrogen-bond acceptors (Lipinski definition) is 6. The summed E-state index contributed by atoms with van der Waals surface area (Å²) in [6, 6.07) is 24.7. The molecular weight excluding hydrogens is 482 g/mol. The van der Waals surface area contributed by atoms with Crippen molar-refractivity contribution >= 4 is 23.2 Å². The molecule has 4 aromatic carbocycles. The molecule has 0 radical (unpaired) electrons. The number of amides is 2. The van der Waals surface area contributed by atoms with Gasteiger partial charge >= 0.3 is 0 Å². The van der Waals surface area contributed by atoms with Gasteiger partial charge in [0.05, 0.1) is 0 Å². The molecule has 1 aliphatic rings. The summed E-state index contributed by atoms with van der Waals surface area (Å²) in [4.78, 5) is 26.7. The number of anilines is 2. The average Bonchev–Trinajstić information content (AvgIpc) is 2.92. The molecule has 0 aliphatic carbocycles. The molecule has 4 aromatic rings. The van der Waals surface area contributed by atoms with E-state index in [4.69, 9.17) is 10.5 Å². The summed E-state index contributed by atoms with van der Waals surface area (Å²) in [5.41, 5.74) is 10.3. The Kier molecular flexibility index (Phi) is 6.86. The van der Waals surface area contributed by atoms with Gasteiger partial charge in [0.15, 0.2) is 0 Å². The molecule has 0 bridgehead atoms. The van der Waals surface area contributed by atoms with Gasteiger partial charge in [-0.25, -0.2) is 0 Å². The number of carbonyl (C=O) groups excluding carboxylic acids is 2. The third kappa shape index (κ3) is 5.24. The summed E-state index contributed by atoms with van der Waals surface area (Å²) in [6.45, 7) is 0.950. The first kappa shape index (κ1) is 24.7. The van der Waals surface area contributed by atoms with E-state index in [0.717, 1.165) is 34.1 Å². The van der Waals surface area contributed by atoms with Crippen molar-refractivity contribution in [3.63, 3.8) is 0 Å². The van der Waals surface area contributed by atoms with Crippen molar-refractivity contribution in [2.45, 2.75) is 19.6 Å². The highest BCUT2D eigenvalue weighted by molar-refractivity contribution is 6.00. The van der Waals surface area contributed by atoms with Crippen LogP contribution in [0.2, 0.25) is 0 Å². The monoisotopic (exact) mass is 509 g/mol. The summed E-state index contributed by atoms with van der Waals surface area (Å²) >= 11 is 0. The Balaban J connectivity index is 1.39. The number of hydrogen-bond donors (Lipinski definition) is 4. The lowest BCUT2D eigenvalue weighted by atomic mass is 9.97. The topological polar surface area (TPSA) is 125 Å². The quantitative estimate of drug-likeness (QED) is 0.286. The molecule has 1 heterocycles. The second-order valence-corrected chi connectivity index (χ2v) is 9.10. The van der Waals surface area contributed by atoms with E-state index < -0.39 is 11.8 Å². The van der Waals surface area contributed by atoms with Crippen LogP contribution in [0.15, 0.2) is 84.9 Å². The van der Waals surface area contributed by atoms with Crippen LogP contribution in [0.4, 0.5) is 11.4 Å². The van der Waals surface area contributed by atoms with Crippen molar-refractivity contribution < 1.29 is 24.5 Å². The largest absolute Gasteiger partial charge is 0.508 e. The Labute approximate surface area is 219 Å². The van der Waals surface area contributed by atoms with Gasteiger partial charge in [-0.05, 0) is 53.4 Å². The maximum Gasteiger partial charge on any atom is 0.261 e. The lowest BCUT2D eigenvalue weighted by Crippen LogP contribution is -2.36. The Morgan fingerprint density at radius 3 is 2.45 bits per heavy atom. The number of phenolic OH excluding ortho intramolecular Hbond substituents is 2. The Bertz CT molecular complexity index is 1490. The summed E-state index contributed by atoms with van der Waals surface area (Å²) in [5.74, 6) is -1.31. The van der Waals surface area contributed by atoms with Gasteiger partial charge in [-0.1, -0.05) is 42.5 Å². The summed E-state index contributed by atoms with van der Waals surface area (Å²) in [6.07, 6.45) is 0.635. The number of carbonyl (C=O) groups is 2. The van der Waals surface area contributed by atoms with Crippen LogP contribution in [0.3, 0.4) is 0 Å². The van der Waals surface area contributed by atoms with Gasteiger partial charge in [-0.2, -0.15) is 0 Å². The number of nitrogens with zero attached hydrogens (tertiary/aromatic N) is 1. The van der Waals surface area contributed by atoms with Crippen molar-refractivity contribution in [1.29, 1.82) is 0 Å². The number of aromatic hydroxyl groups is 2. The van der Waals surface area contributed by atoms with Crippen molar-refractivity contribution in [2.24, 2.45) is 5.73 Å². The number of nitrogens with one attached hydrogen (secondary N) is 1. The number of fused-ring (bicyclic) bond motifs is 1. The molecule has 0 fully saturated rings. The summed E-state index contributed by atoms with van der Waals surface area (Å²) < 4.78 is 5.88. The van der Waals surface area contributed by atoms with Gasteiger partial charge < -0.3 is 30.9 Å². The predicted octanol–water partition coefficient (Wildman–Crippen LogP) is 4.72. The fraction of sp³-hybridized carbons (Fsp3) is 0.133. The van der Waals surface area contributed by atoms with E-state index in [1.54, 1.807) is 29.2 Å². The molecule has 0 atom stereocenters. The smallest absolute Gasteiger partial charge is 0.261 e. The second-order valence-electron chi connectivity index (χ2n) is 9.10. The zero-order chi connectivity index (χ0) is 26.6. The highest BCUT2D eigenvalue weighted by atomic mass is 16.5. The second kappa shape index (κ2) is 10.6. The molecule has 8 heteroatoms. The van der Waals surface area contributed by atoms with E-state index in [0.29, 0.717) is 25.1 Å². The summed E-state index contributed by atoms with van der Waals surface area (Å²) in [7, 11) is 0. The highest BCUT2D eigenvalue weighted by Gasteiger charge is 2.28. The van der Waals surface area contributed by atoms with Gasteiger partial charge in [-0.15, -0.1) is 0 Å².